The van der Waals surface area contributed by atoms with Gasteiger partial charge in [-0.15, -0.1) is 24.0 Å². The second kappa shape index (κ2) is 13.1. The molecule has 1 aliphatic rings. The summed E-state index contributed by atoms with van der Waals surface area (Å²) in [5.41, 5.74) is 2.09. The lowest BCUT2D eigenvalue weighted by molar-refractivity contribution is -0.128. The van der Waals surface area contributed by atoms with Crippen molar-refractivity contribution in [2.45, 2.75) is 6.42 Å². The summed E-state index contributed by atoms with van der Waals surface area (Å²) >= 11 is 0. The average Bonchev–Trinajstić information content (AvgIpc) is 2.83. The van der Waals surface area contributed by atoms with Crippen molar-refractivity contribution in [1.82, 2.24) is 20.1 Å². The second-order valence-corrected chi connectivity index (χ2v) is 7.43. The first kappa shape index (κ1) is 25.7. The molecule has 32 heavy (non-hydrogen) atoms. The molecule has 0 bridgehead atoms. The monoisotopic (exact) mass is 552 g/mol. The number of guanidine groups is 1. The lowest BCUT2D eigenvalue weighted by atomic mass is 10.2. The van der Waals surface area contributed by atoms with Gasteiger partial charge in [0.1, 0.15) is 5.75 Å². The summed E-state index contributed by atoms with van der Waals surface area (Å²) < 4.78 is 5.49. The Morgan fingerprint density at radius 2 is 1.88 bits per heavy atom. The lowest BCUT2D eigenvalue weighted by Gasteiger charge is -2.38. The number of benzene rings is 1. The quantitative estimate of drug-likeness (QED) is 0.323. The van der Waals surface area contributed by atoms with Crippen LogP contribution in [0, 0.1) is 0 Å². The number of ether oxygens (including phenoxy) is 1. The zero-order valence-electron chi connectivity index (χ0n) is 19.0. The normalized spacial score (nSPS) is 13.9. The van der Waals surface area contributed by atoms with Crippen molar-refractivity contribution in [2.24, 2.45) is 4.99 Å². The number of para-hydroxylation sites is 2. The molecule has 1 aliphatic heterocycles. The van der Waals surface area contributed by atoms with Crippen LogP contribution in [0.4, 0.5) is 5.69 Å². The number of anilines is 1. The third-order valence-corrected chi connectivity index (χ3v) is 5.47. The minimum absolute atomic E-state index is 0. The molecule has 2 aromatic rings. The van der Waals surface area contributed by atoms with Crippen LogP contribution >= 0.6 is 24.0 Å². The first-order valence-corrected chi connectivity index (χ1v) is 10.6. The Morgan fingerprint density at radius 1 is 1.16 bits per heavy atom. The van der Waals surface area contributed by atoms with Gasteiger partial charge < -0.3 is 24.8 Å². The van der Waals surface area contributed by atoms with E-state index in [1.165, 1.54) is 0 Å². The van der Waals surface area contributed by atoms with E-state index in [0.717, 1.165) is 55.7 Å². The summed E-state index contributed by atoms with van der Waals surface area (Å²) in [7, 11) is 5.27. The third kappa shape index (κ3) is 6.98. The van der Waals surface area contributed by atoms with Crippen LogP contribution in [0.1, 0.15) is 5.69 Å². The van der Waals surface area contributed by atoms with E-state index in [1.807, 2.05) is 43.4 Å². The van der Waals surface area contributed by atoms with Crippen molar-refractivity contribution in [3.05, 3.63) is 54.4 Å². The van der Waals surface area contributed by atoms with Crippen molar-refractivity contribution in [3.63, 3.8) is 0 Å². The van der Waals surface area contributed by atoms with Crippen LogP contribution in [0.25, 0.3) is 0 Å². The van der Waals surface area contributed by atoms with Gasteiger partial charge in [0.25, 0.3) is 0 Å². The molecule has 2 heterocycles. The lowest BCUT2D eigenvalue weighted by Crippen LogP contribution is -2.53. The fourth-order valence-electron chi connectivity index (χ4n) is 3.63. The van der Waals surface area contributed by atoms with Gasteiger partial charge in [-0.3, -0.25) is 14.8 Å². The van der Waals surface area contributed by atoms with Crippen LogP contribution in [0.3, 0.4) is 0 Å². The molecule has 1 aromatic heterocycles. The number of piperazine rings is 1. The molecule has 8 nitrogen and oxygen atoms in total. The Hall–Kier alpha value is -2.56. The summed E-state index contributed by atoms with van der Waals surface area (Å²) in [6.07, 6.45) is 2.51. The van der Waals surface area contributed by atoms with E-state index in [0.29, 0.717) is 6.54 Å². The highest BCUT2D eigenvalue weighted by atomic mass is 127. The standard InChI is InChI=1S/C23H32N6O2.HI/c1-24-23(26-18-22(30)27(2)13-11-19-8-6-7-12-25-19)29-16-14-28(15-17-29)20-9-4-5-10-21(20)31-3;/h4-10,12H,11,13-18H2,1-3H3,(H,24,26);1H. The van der Waals surface area contributed by atoms with E-state index in [1.54, 1.807) is 25.3 Å². The summed E-state index contributed by atoms with van der Waals surface area (Å²) in [4.78, 5) is 27.4. The molecule has 0 spiro atoms. The molecule has 1 fully saturated rings. The minimum Gasteiger partial charge on any atom is -0.495 e. The van der Waals surface area contributed by atoms with Crippen LogP contribution < -0.4 is 15.0 Å². The maximum Gasteiger partial charge on any atom is 0.241 e. The van der Waals surface area contributed by atoms with Crippen molar-refractivity contribution in [1.29, 1.82) is 0 Å². The van der Waals surface area contributed by atoms with Gasteiger partial charge in [0.05, 0.1) is 19.3 Å². The molecule has 1 aromatic carbocycles. The number of carbonyl (C=O) groups excluding carboxylic acids is 1. The number of halogens is 1. The number of likely N-dealkylation sites (N-methyl/N-ethyl adjacent to an activating group) is 1. The SMILES string of the molecule is CN=C(NCC(=O)N(C)CCc1ccccn1)N1CCN(c2ccccc2OC)CC1.I. The van der Waals surface area contributed by atoms with Crippen molar-refractivity contribution < 1.29 is 9.53 Å². The molecule has 1 N–H and O–H groups in total. The zero-order valence-corrected chi connectivity index (χ0v) is 21.4. The zero-order chi connectivity index (χ0) is 22.1. The Labute approximate surface area is 207 Å². The number of amides is 1. The number of methoxy groups -OCH3 is 1. The van der Waals surface area contributed by atoms with Gasteiger partial charge in [0, 0.05) is 65.1 Å². The summed E-state index contributed by atoms with van der Waals surface area (Å²) in [6, 6.07) is 13.9. The van der Waals surface area contributed by atoms with Gasteiger partial charge in [-0.1, -0.05) is 18.2 Å². The molecule has 0 aliphatic carbocycles. The van der Waals surface area contributed by atoms with Crippen LogP contribution in [-0.4, -0.2) is 87.1 Å². The largest absolute Gasteiger partial charge is 0.495 e. The fraction of sp³-hybridized carbons (Fsp3) is 0.435. The van der Waals surface area contributed by atoms with Crippen LogP contribution in [-0.2, 0) is 11.2 Å². The van der Waals surface area contributed by atoms with E-state index in [-0.39, 0.29) is 36.4 Å². The average molecular weight is 552 g/mol. The Morgan fingerprint density at radius 3 is 2.53 bits per heavy atom. The van der Waals surface area contributed by atoms with E-state index < -0.39 is 0 Å². The van der Waals surface area contributed by atoms with Crippen molar-refractivity contribution >= 4 is 41.5 Å². The van der Waals surface area contributed by atoms with Crippen LogP contribution in [0.15, 0.2) is 53.7 Å². The van der Waals surface area contributed by atoms with Gasteiger partial charge in [-0.25, -0.2) is 0 Å². The highest BCUT2D eigenvalue weighted by molar-refractivity contribution is 14.0. The number of nitrogens with one attached hydrogen (secondary N) is 1. The summed E-state index contributed by atoms with van der Waals surface area (Å²) in [5.74, 6) is 1.67. The molecule has 3 rings (SSSR count). The number of hydrogen-bond acceptors (Lipinski definition) is 5. The van der Waals surface area contributed by atoms with E-state index >= 15 is 0 Å². The summed E-state index contributed by atoms with van der Waals surface area (Å²) in [5, 5.41) is 3.22. The van der Waals surface area contributed by atoms with Crippen LogP contribution in [0.5, 0.6) is 5.75 Å². The van der Waals surface area contributed by atoms with Crippen molar-refractivity contribution in [2.75, 3.05) is 65.4 Å². The molecular weight excluding hydrogens is 519 g/mol. The first-order chi connectivity index (χ1) is 15.1. The predicted molar refractivity (Wildman–Crippen MR) is 139 cm³/mol. The highest BCUT2D eigenvalue weighted by Crippen LogP contribution is 2.28. The highest BCUT2D eigenvalue weighted by Gasteiger charge is 2.22. The molecular formula is C23H33IN6O2. The molecule has 0 saturated carbocycles. The molecule has 0 atom stereocenters. The molecule has 9 heteroatoms. The Kier molecular flexibility index (Phi) is 10.5. The number of aliphatic imine (C=N–C) groups is 1. The Bertz CT molecular complexity index is 872. The van der Waals surface area contributed by atoms with E-state index in [9.17, 15) is 4.79 Å². The fourth-order valence-corrected chi connectivity index (χ4v) is 3.63. The number of rotatable bonds is 7. The first-order valence-electron chi connectivity index (χ1n) is 10.6. The van der Waals surface area contributed by atoms with Crippen LogP contribution in [0.2, 0.25) is 0 Å². The Balaban J connectivity index is 0.00000363. The molecule has 1 saturated heterocycles. The van der Waals surface area contributed by atoms with Gasteiger partial charge in [0.2, 0.25) is 5.91 Å². The molecule has 1 amide bonds. The number of carbonyl (C=O) groups is 1. The van der Waals surface area contributed by atoms with Gasteiger partial charge in [0.15, 0.2) is 5.96 Å². The van der Waals surface area contributed by atoms with E-state index in [4.69, 9.17) is 4.74 Å². The van der Waals surface area contributed by atoms with Gasteiger partial charge in [-0.05, 0) is 24.3 Å². The van der Waals surface area contributed by atoms with E-state index in [2.05, 4.69) is 31.2 Å². The summed E-state index contributed by atoms with van der Waals surface area (Å²) in [6.45, 7) is 4.21. The number of nitrogens with zero attached hydrogens (tertiary/aromatic N) is 5. The number of aromatic nitrogens is 1. The molecule has 0 radical (unpaired) electrons. The van der Waals surface area contributed by atoms with Gasteiger partial charge in [-0.2, -0.15) is 0 Å². The van der Waals surface area contributed by atoms with Crippen molar-refractivity contribution in [3.8, 4) is 5.75 Å². The molecule has 174 valence electrons. The second-order valence-electron chi connectivity index (χ2n) is 7.43. The maximum absolute atomic E-state index is 12.5. The van der Waals surface area contributed by atoms with Gasteiger partial charge >= 0.3 is 0 Å². The smallest absolute Gasteiger partial charge is 0.241 e. The minimum atomic E-state index is 0. The third-order valence-electron chi connectivity index (χ3n) is 5.47. The maximum atomic E-state index is 12.5. The predicted octanol–water partition coefficient (Wildman–Crippen LogP) is 2.11. The number of pyridine rings is 1. The molecule has 0 unspecified atom stereocenters. The number of hydrogen-bond donors (Lipinski definition) is 1. The topological polar surface area (TPSA) is 73.3 Å².